The molecular formula is C13H24ClN5O. The van der Waals surface area contributed by atoms with Crippen molar-refractivity contribution in [3.05, 3.63) is 11.9 Å². The third-order valence-electron chi connectivity index (χ3n) is 3.46. The summed E-state index contributed by atoms with van der Waals surface area (Å²) >= 11 is 0. The quantitative estimate of drug-likeness (QED) is 0.907. The Hall–Kier alpha value is -1.14. The summed E-state index contributed by atoms with van der Waals surface area (Å²) < 4.78 is 1.76. The summed E-state index contributed by atoms with van der Waals surface area (Å²) in [5.74, 6) is 0.612. The number of hydrogen-bond donors (Lipinski definition) is 1. The van der Waals surface area contributed by atoms with Crippen molar-refractivity contribution in [1.29, 1.82) is 0 Å². The number of amides is 1. The minimum atomic E-state index is -0.00945. The monoisotopic (exact) mass is 301 g/mol. The second kappa shape index (κ2) is 7.59. The van der Waals surface area contributed by atoms with Gasteiger partial charge in [-0.05, 0) is 19.3 Å². The molecule has 1 aliphatic rings. The number of rotatable bonds is 4. The molecule has 1 aliphatic heterocycles. The maximum absolute atomic E-state index is 12.3. The van der Waals surface area contributed by atoms with Gasteiger partial charge in [0.05, 0.1) is 6.20 Å². The van der Waals surface area contributed by atoms with Crippen LogP contribution in [0.2, 0.25) is 0 Å². The second-order valence-electron chi connectivity index (χ2n) is 5.60. The van der Waals surface area contributed by atoms with Gasteiger partial charge in [-0.2, -0.15) is 0 Å². The van der Waals surface area contributed by atoms with Crippen LogP contribution < -0.4 is 5.32 Å². The van der Waals surface area contributed by atoms with Crippen molar-refractivity contribution < 1.29 is 4.79 Å². The summed E-state index contributed by atoms with van der Waals surface area (Å²) in [6.45, 7) is 9.63. The second-order valence-corrected chi connectivity index (χ2v) is 5.60. The van der Waals surface area contributed by atoms with E-state index < -0.39 is 0 Å². The highest BCUT2D eigenvalue weighted by Gasteiger charge is 2.25. The molecule has 114 valence electrons. The van der Waals surface area contributed by atoms with Gasteiger partial charge in [0.15, 0.2) is 5.69 Å². The van der Waals surface area contributed by atoms with Crippen molar-refractivity contribution in [1.82, 2.24) is 25.2 Å². The molecule has 6 nitrogen and oxygen atoms in total. The van der Waals surface area contributed by atoms with Crippen LogP contribution in [0.5, 0.6) is 0 Å². The van der Waals surface area contributed by atoms with Crippen LogP contribution in [-0.4, -0.2) is 51.5 Å². The fraction of sp³-hybridized carbons (Fsp3) is 0.769. The van der Waals surface area contributed by atoms with Gasteiger partial charge in [-0.25, -0.2) is 0 Å². The first-order chi connectivity index (χ1) is 9.08. The van der Waals surface area contributed by atoms with Crippen molar-refractivity contribution in [2.45, 2.75) is 39.8 Å². The lowest BCUT2D eigenvalue weighted by Gasteiger charge is -2.33. The number of carbonyl (C=O) groups excluding carboxylic acids is 1. The van der Waals surface area contributed by atoms with Crippen molar-refractivity contribution in [2.24, 2.45) is 5.92 Å². The van der Waals surface area contributed by atoms with Gasteiger partial charge in [-0.15, -0.1) is 17.5 Å². The molecule has 2 rings (SSSR count). The molecule has 0 aliphatic carbocycles. The van der Waals surface area contributed by atoms with Gasteiger partial charge in [0.1, 0.15) is 0 Å². The topological polar surface area (TPSA) is 63.1 Å². The van der Waals surface area contributed by atoms with E-state index in [0.29, 0.717) is 11.6 Å². The van der Waals surface area contributed by atoms with E-state index in [1.807, 2.05) is 11.8 Å². The van der Waals surface area contributed by atoms with Crippen LogP contribution in [0, 0.1) is 5.92 Å². The molecule has 0 aromatic carbocycles. The number of carbonyl (C=O) groups is 1. The number of nitrogens with zero attached hydrogens (tertiary/aromatic N) is 4. The highest BCUT2D eigenvalue weighted by atomic mass is 35.5. The molecule has 1 saturated heterocycles. The number of piperazine rings is 1. The summed E-state index contributed by atoms with van der Waals surface area (Å²) in [5, 5.41) is 11.3. The highest BCUT2D eigenvalue weighted by molar-refractivity contribution is 5.92. The lowest BCUT2D eigenvalue weighted by molar-refractivity contribution is 0.0649. The van der Waals surface area contributed by atoms with E-state index in [9.17, 15) is 4.79 Å². The Balaban J connectivity index is 0.00000200. The molecule has 0 saturated carbocycles. The van der Waals surface area contributed by atoms with Gasteiger partial charge < -0.3 is 10.2 Å². The largest absolute Gasteiger partial charge is 0.332 e. The first-order valence-electron chi connectivity index (χ1n) is 6.99. The molecule has 7 heteroatoms. The molecule has 1 amide bonds. The molecule has 0 spiro atoms. The minimum absolute atomic E-state index is 0. The standard InChI is InChI=1S/C13H23N5O.ClH/c1-10(2)4-6-17-9-12(15-16-17)13(19)18-7-5-14-8-11(18)3;/h9-11,14H,4-8H2,1-3H3;1H. The lowest BCUT2D eigenvalue weighted by Crippen LogP contribution is -2.52. The summed E-state index contributed by atoms with van der Waals surface area (Å²) in [5.41, 5.74) is 0.456. The van der Waals surface area contributed by atoms with E-state index in [-0.39, 0.29) is 24.4 Å². The molecule has 0 radical (unpaired) electrons. The number of hydrogen-bond acceptors (Lipinski definition) is 4. The van der Waals surface area contributed by atoms with Gasteiger partial charge in [0.25, 0.3) is 5.91 Å². The van der Waals surface area contributed by atoms with E-state index in [0.717, 1.165) is 32.6 Å². The van der Waals surface area contributed by atoms with Crippen LogP contribution in [0.1, 0.15) is 37.7 Å². The van der Waals surface area contributed by atoms with E-state index in [1.165, 1.54) is 0 Å². The molecule has 2 heterocycles. The van der Waals surface area contributed by atoms with Crippen molar-refractivity contribution in [3.8, 4) is 0 Å². The van der Waals surface area contributed by atoms with Crippen LogP contribution in [0.4, 0.5) is 0 Å². The van der Waals surface area contributed by atoms with Crippen LogP contribution >= 0.6 is 12.4 Å². The van der Waals surface area contributed by atoms with Gasteiger partial charge in [-0.3, -0.25) is 9.48 Å². The molecule has 1 N–H and O–H groups in total. The average molecular weight is 302 g/mol. The Morgan fingerprint density at radius 1 is 1.55 bits per heavy atom. The van der Waals surface area contributed by atoms with Crippen LogP contribution in [0.3, 0.4) is 0 Å². The summed E-state index contributed by atoms with van der Waals surface area (Å²) in [7, 11) is 0. The normalized spacial score (nSPS) is 19.0. The molecule has 1 aromatic heterocycles. The molecule has 1 atom stereocenters. The van der Waals surface area contributed by atoms with E-state index in [4.69, 9.17) is 0 Å². The van der Waals surface area contributed by atoms with E-state index in [2.05, 4.69) is 29.5 Å². The maximum atomic E-state index is 12.3. The zero-order valence-corrected chi connectivity index (χ0v) is 13.2. The first kappa shape index (κ1) is 16.9. The molecular weight excluding hydrogens is 278 g/mol. The maximum Gasteiger partial charge on any atom is 0.276 e. The third kappa shape index (κ3) is 4.18. The number of aromatic nitrogens is 3. The molecule has 1 unspecified atom stereocenters. The van der Waals surface area contributed by atoms with Gasteiger partial charge in [0.2, 0.25) is 0 Å². The van der Waals surface area contributed by atoms with Crippen molar-refractivity contribution in [3.63, 3.8) is 0 Å². The van der Waals surface area contributed by atoms with Gasteiger partial charge >= 0.3 is 0 Å². The van der Waals surface area contributed by atoms with Crippen molar-refractivity contribution >= 4 is 18.3 Å². The number of nitrogens with one attached hydrogen (secondary N) is 1. The number of aryl methyl sites for hydroxylation is 1. The summed E-state index contributed by atoms with van der Waals surface area (Å²) in [4.78, 5) is 14.2. The smallest absolute Gasteiger partial charge is 0.276 e. The Morgan fingerprint density at radius 3 is 2.95 bits per heavy atom. The van der Waals surface area contributed by atoms with Crippen LogP contribution in [0.15, 0.2) is 6.20 Å². The van der Waals surface area contributed by atoms with Crippen molar-refractivity contribution in [2.75, 3.05) is 19.6 Å². The van der Waals surface area contributed by atoms with E-state index in [1.54, 1.807) is 10.9 Å². The molecule has 0 bridgehead atoms. The predicted molar refractivity (Wildman–Crippen MR) is 80.1 cm³/mol. The van der Waals surface area contributed by atoms with E-state index >= 15 is 0 Å². The Labute approximate surface area is 126 Å². The van der Waals surface area contributed by atoms with Crippen LogP contribution in [-0.2, 0) is 6.54 Å². The van der Waals surface area contributed by atoms with Gasteiger partial charge in [-0.1, -0.05) is 19.1 Å². The molecule has 20 heavy (non-hydrogen) atoms. The Morgan fingerprint density at radius 2 is 2.30 bits per heavy atom. The first-order valence-corrected chi connectivity index (χ1v) is 6.99. The summed E-state index contributed by atoms with van der Waals surface area (Å²) in [6, 6.07) is 0.210. The minimum Gasteiger partial charge on any atom is -0.332 e. The van der Waals surface area contributed by atoms with Crippen LogP contribution in [0.25, 0.3) is 0 Å². The zero-order chi connectivity index (χ0) is 13.8. The molecule has 1 fully saturated rings. The highest BCUT2D eigenvalue weighted by Crippen LogP contribution is 2.09. The predicted octanol–water partition coefficient (Wildman–Crippen LogP) is 1.18. The SMILES string of the molecule is CC(C)CCn1cc(C(=O)N2CCNCC2C)nn1.Cl. The lowest BCUT2D eigenvalue weighted by atomic mass is 10.1. The molecule has 1 aromatic rings. The average Bonchev–Trinajstić information content (AvgIpc) is 2.85. The number of halogens is 1. The Kier molecular flexibility index (Phi) is 6.42. The van der Waals surface area contributed by atoms with Gasteiger partial charge in [0, 0.05) is 32.2 Å². The zero-order valence-electron chi connectivity index (χ0n) is 12.4. The Bertz CT molecular complexity index is 434. The fourth-order valence-corrected chi connectivity index (χ4v) is 2.19. The fourth-order valence-electron chi connectivity index (χ4n) is 2.19. The third-order valence-corrected chi connectivity index (χ3v) is 3.46. The summed E-state index contributed by atoms with van der Waals surface area (Å²) in [6.07, 6.45) is 2.81.